The summed E-state index contributed by atoms with van der Waals surface area (Å²) in [5, 5.41) is 0.536. The Morgan fingerprint density at radius 1 is 1.13 bits per heavy atom. The summed E-state index contributed by atoms with van der Waals surface area (Å²) in [5.74, 6) is -0.193. The predicted octanol–water partition coefficient (Wildman–Crippen LogP) is 3.54. The van der Waals surface area contributed by atoms with Crippen LogP contribution in [0.1, 0.15) is 31.2 Å². The third-order valence-electron chi connectivity index (χ3n) is 2.44. The molecular weight excluding hydrogens is 213 g/mol. The molecule has 0 atom stereocenters. The number of unbranched alkanes of at least 4 members (excludes halogenated alkanes) is 3. The molecule has 3 heteroatoms. The van der Waals surface area contributed by atoms with Crippen molar-refractivity contribution < 1.29 is 4.39 Å². The third-order valence-corrected chi connectivity index (χ3v) is 2.80. The minimum Gasteiger partial charge on any atom is -0.330 e. The number of hydrogen-bond donors (Lipinski definition) is 1. The van der Waals surface area contributed by atoms with Crippen LogP contribution in [0.5, 0.6) is 0 Å². The summed E-state index contributed by atoms with van der Waals surface area (Å²) < 4.78 is 13.3. The van der Waals surface area contributed by atoms with Crippen molar-refractivity contribution in [1.29, 1.82) is 0 Å². The van der Waals surface area contributed by atoms with Gasteiger partial charge in [-0.3, -0.25) is 0 Å². The van der Waals surface area contributed by atoms with Crippen molar-refractivity contribution in [3.63, 3.8) is 0 Å². The average molecular weight is 230 g/mol. The fraction of sp³-hybridized carbons (Fsp3) is 0.500. The van der Waals surface area contributed by atoms with E-state index < -0.39 is 0 Å². The fourth-order valence-corrected chi connectivity index (χ4v) is 1.83. The van der Waals surface area contributed by atoms with Crippen molar-refractivity contribution in [1.82, 2.24) is 0 Å². The van der Waals surface area contributed by atoms with Crippen LogP contribution in [0.25, 0.3) is 0 Å². The summed E-state index contributed by atoms with van der Waals surface area (Å²) >= 11 is 5.91. The Labute approximate surface area is 95.4 Å². The van der Waals surface area contributed by atoms with Gasteiger partial charge in [0.1, 0.15) is 5.82 Å². The molecule has 1 aromatic carbocycles. The number of nitrogens with two attached hydrogens (primary N) is 1. The van der Waals surface area contributed by atoms with Gasteiger partial charge < -0.3 is 5.73 Å². The Balaban J connectivity index is 2.37. The second-order valence-electron chi connectivity index (χ2n) is 3.65. The molecular formula is C12H17ClFN. The molecule has 0 unspecified atom stereocenters. The molecule has 2 N–H and O–H groups in total. The Hall–Kier alpha value is -0.600. The first-order valence-electron chi connectivity index (χ1n) is 5.38. The highest BCUT2D eigenvalue weighted by Gasteiger charge is 2.05. The SMILES string of the molecule is NCCCCCCc1c(F)cccc1Cl. The van der Waals surface area contributed by atoms with Crippen LogP contribution >= 0.6 is 11.6 Å². The van der Waals surface area contributed by atoms with Gasteiger partial charge in [0, 0.05) is 10.6 Å². The van der Waals surface area contributed by atoms with Gasteiger partial charge in [0.2, 0.25) is 0 Å². The third kappa shape index (κ3) is 4.18. The van der Waals surface area contributed by atoms with E-state index in [9.17, 15) is 4.39 Å². The molecule has 0 heterocycles. The first-order valence-corrected chi connectivity index (χ1v) is 5.76. The molecule has 0 saturated heterocycles. The summed E-state index contributed by atoms with van der Waals surface area (Å²) in [6, 6.07) is 4.83. The van der Waals surface area contributed by atoms with Crippen LogP contribution in [0.3, 0.4) is 0 Å². The first kappa shape index (κ1) is 12.5. The quantitative estimate of drug-likeness (QED) is 0.742. The molecule has 0 radical (unpaired) electrons. The zero-order valence-electron chi connectivity index (χ0n) is 8.81. The van der Waals surface area contributed by atoms with Crippen molar-refractivity contribution in [2.45, 2.75) is 32.1 Å². The lowest BCUT2D eigenvalue weighted by Gasteiger charge is -2.05. The van der Waals surface area contributed by atoms with E-state index in [4.69, 9.17) is 17.3 Å². The molecule has 0 spiro atoms. The van der Waals surface area contributed by atoms with Gasteiger partial charge in [0.15, 0.2) is 0 Å². The minimum absolute atomic E-state index is 0.193. The molecule has 1 nitrogen and oxygen atoms in total. The normalized spacial score (nSPS) is 10.6. The van der Waals surface area contributed by atoms with Crippen molar-refractivity contribution >= 4 is 11.6 Å². The molecule has 0 aliphatic carbocycles. The van der Waals surface area contributed by atoms with E-state index >= 15 is 0 Å². The molecule has 0 aliphatic heterocycles. The summed E-state index contributed by atoms with van der Waals surface area (Å²) in [4.78, 5) is 0. The van der Waals surface area contributed by atoms with Gasteiger partial charge in [0.25, 0.3) is 0 Å². The number of halogens is 2. The highest BCUT2D eigenvalue weighted by atomic mass is 35.5. The molecule has 0 bridgehead atoms. The molecule has 1 rings (SSSR count). The summed E-state index contributed by atoms with van der Waals surface area (Å²) in [7, 11) is 0. The topological polar surface area (TPSA) is 26.0 Å². The van der Waals surface area contributed by atoms with E-state index in [1.807, 2.05) is 0 Å². The summed E-state index contributed by atoms with van der Waals surface area (Å²) in [5.41, 5.74) is 6.03. The summed E-state index contributed by atoms with van der Waals surface area (Å²) in [6.45, 7) is 0.737. The average Bonchev–Trinajstić information content (AvgIpc) is 2.21. The Bertz CT molecular complexity index is 281. The highest BCUT2D eigenvalue weighted by molar-refractivity contribution is 6.31. The fourth-order valence-electron chi connectivity index (χ4n) is 1.57. The smallest absolute Gasteiger partial charge is 0.127 e. The summed E-state index contributed by atoms with van der Waals surface area (Å²) in [6.07, 6.45) is 4.94. The second-order valence-corrected chi connectivity index (χ2v) is 4.06. The standard InChI is InChI=1S/C12H17ClFN/c13-11-7-5-8-12(14)10(11)6-3-1-2-4-9-15/h5,7-8H,1-4,6,9,15H2. The zero-order valence-corrected chi connectivity index (χ0v) is 9.56. The lowest BCUT2D eigenvalue weighted by Crippen LogP contribution is -1.98. The monoisotopic (exact) mass is 229 g/mol. The lowest BCUT2D eigenvalue weighted by molar-refractivity contribution is 0.591. The van der Waals surface area contributed by atoms with Crippen molar-refractivity contribution in [2.75, 3.05) is 6.54 Å². The number of hydrogen-bond acceptors (Lipinski definition) is 1. The largest absolute Gasteiger partial charge is 0.330 e. The van der Waals surface area contributed by atoms with Crippen molar-refractivity contribution in [3.8, 4) is 0 Å². The van der Waals surface area contributed by atoms with E-state index in [2.05, 4.69) is 0 Å². The van der Waals surface area contributed by atoms with Gasteiger partial charge in [-0.2, -0.15) is 0 Å². The zero-order chi connectivity index (χ0) is 11.1. The molecule has 1 aromatic rings. The highest BCUT2D eigenvalue weighted by Crippen LogP contribution is 2.21. The first-order chi connectivity index (χ1) is 7.25. The maximum atomic E-state index is 13.3. The van der Waals surface area contributed by atoms with Crippen LogP contribution in [0.2, 0.25) is 5.02 Å². The molecule has 84 valence electrons. The molecule has 0 fully saturated rings. The van der Waals surface area contributed by atoms with Gasteiger partial charge >= 0.3 is 0 Å². The van der Waals surface area contributed by atoms with Gasteiger partial charge in [-0.25, -0.2) is 4.39 Å². The van der Waals surface area contributed by atoms with Crippen LogP contribution in [0.4, 0.5) is 4.39 Å². The van der Waals surface area contributed by atoms with E-state index in [1.54, 1.807) is 12.1 Å². The van der Waals surface area contributed by atoms with E-state index in [1.165, 1.54) is 6.07 Å². The Morgan fingerprint density at radius 2 is 1.87 bits per heavy atom. The van der Waals surface area contributed by atoms with Crippen LogP contribution < -0.4 is 5.73 Å². The van der Waals surface area contributed by atoms with E-state index in [0.29, 0.717) is 10.6 Å². The molecule has 15 heavy (non-hydrogen) atoms. The van der Waals surface area contributed by atoms with Gasteiger partial charge in [-0.1, -0.05) is 30.5 Å². The number of benzene rings is 1. The van der Waals surface area contributed by atoms with E-state index in [0.717, 1.165) is 38.6 Å². The maximum Gasteiger partial charge on any atom is 0.127 e. The van der Waals surface area contributed by atoms with Gasteiger partial charge in [0.05, 0.1) is 0 Å². The Kier molecular flexibility index (Phi) is 5.66. The predicted molar refractivity (Wildman–Crippen MR) is 62.6 cm³/mol. The van der Waals surface area contributed by atoms with Crippen molar-refractivity contribution in [3.05, 3.63) is 34.6 Å². The van der Waals surface area contributed by atoms with Gasteiger partial charge in [-0.05, 0) is 37.9 Å². The second kappa shape index (κ2) is 6.81. The van der Waals surface area contributed by atoms with Crippen molar-refractivity contribution in [2.24, 2.45) is 5.73 Å². The number of rotatable bonds is 6. The Morgan fingerprint density at radius 3 is 2.53 bits per heavy atom. The maximum absolute atomic E-state index is 13.3. The molecule has 0 aromatic heterocycles. The minimum atomic E-state index is -0.193. The molecule has 0 saturated carbocycles. The van der Waals surface area contributed by atoms with Crippen LogP contribution in [-0.2, 0) is 6.42 Å². The van der Waals surface area contributed by atoms with Crippen LogP contribution in [-0.4, -0.2) is 6.54 Å². The lowest BCUT2D eigenvalue weighted by atomic mass is 10.1. The molecule has 0 aliphatic rings. The molecule has 0 amide bonds. The van der Waals surface area contributed by atoms with Crippen LogP contribution in [0.15, 0.2) is 18.2 Å². The van der Waals surface area contributed by atoms with Gasteiger partial charge in [-0.15, -0.1) is 0 Å². The van der Waals surface area contributed by atoms with E-state index in [-0.39, 0.29) is 5.82 Å². The van der Waals surface area contributed by atoms with Crippen LogP contribution in [0, 0.1) is 5.82 Å².